The number of urea groups is 1. The molecule has 1 unspecified atom stereocenters. The van der Waals surface area contributed by atoms with Crippen LogP contribution < -0.4 is 21.3 Å². The Kier molecular flexibility index (Phi) is 6.75. The van der Waals surface area contributed by atoms with Crippen molar-refractivity contribution in [1.82, 2.24) is 10.6 Å². The Morgan fingerprint density at radius 2 is 2.04 bits per heavy atom. The van der Waals surface area contributed by atoms with Gasteiger partial charge in [-0.2, -0.15) is 0 Å². The van der Waals surface area contributed by atoms with Crippen molar-refractivity contribution in [3.8, 4) is 0 Å². The van der Waals surface area contributed by atoms with Crippen molar-refractivity contribution in [2.45, 2.75) is 38.8 Å². The molecule has 0 radical (unpaired) electrons. The van der Waals surface area contributed by atoms with Gasteiger partial charge in [-0.05, 0) is 44.5 Å². The van der Waals surface area contributed by atoms with E-state index in [0.717, 1.165) is 0 Å². The summed E-state index contributed by atoms with van der Waals surface area (Å²) in [5.74, 6) is -0.636. The van der Waals surface area contributed by atoms with Gasteiger partial charge >= 0.3 is 12.0 Å². The van der Waals surface area contributed by atoms with Crippen LogP contribution in [0.25, 0.3) is 0 Å². The average Bonchev–Trinajstić information content (AvgIpc) is 2.95. The molecule has 2 atom stereocenters. The van der Waals surface area contributed by atoms with Crippen LogP contribution in [0.5, 0.6) is 0 Å². The predicted molar refractivity (Wildman–Crippen MR) is 101 cm³/mol. The van der Waals surface area contributed by atoms with Crippen LogP contribution in [0.3, 0.4) is 0 Å². The summed E-state index contributed by atoms with van der Waals surface area (Å²) < 4.78 is 4.84. The molecule has 9 nitrogen and oxygen atoms in total. The number of nitrogen functional groups attached to an aromatic ring is 1. The number of amides is 3. The molecule has 3 amide bonds. The second kappa shape index (κ2) is 9.02. The van der Waals surface area contributed by atoms with E-state index >= 15 is 0 Å². The number of rotatable bonds is 7. The number of anilines is 1. The third kappa shape index (κ3) is 5.44. The number of hydrogen-bond donors (Lipinski definition) is 4. The van der Waals surface area contributed by atoms with Crippen molar-refractivity contribution in [3.05, 3.63) is 29.8 Å². The zero-order valence-corrected chi connectivity index (χ0v) is 15.5. The van der Waals surface area contributed by atoms with E-state index in [1.807, 2.05) is 0 Å². The highest BCUT2D eigenvalue weighted by atomic mass is 16.5. The fourth-order valence-electron chi connectivity index (χ4n) is 2.84. The van der Waals surface area contributed by atoms with E-state index in [-0.39, 0.29) is 30.7 Å². The second-order valence-corrected chi connectivity index (χ2v) is 6.32. The van der Waals surface area contributed by atoms with Gasteiger partial charge in [0.2, 0.25) is 5.91 Å². The Bertz CT molecular complexity index is 719. The summed E-state index contributed by atoms with van der Waals surface area (Å²) in [6.07, 6.45) is 0.543. The maximum Gasteiger partial charge on any atom is 0.315 e. The molecule has 1 aromatic carbocycles. The van der Waals surface area contributed by atoms with Crippen molar-refractivity contribution >= 4 is 29.4 Å². The molecule has 2 rings (SSSR count). The lowest BCUT2D eigenvalue weighted by molar-refractivity contribution is -0.143. The maximum absolute atomic E-state index is 12.6. The van der Waals surface area contributed by atoms with E-state index in [0.29, 0.717) is 24.2 Å². The monoisotopic (exact) mass is 375 g/mol. The third-order valence-corrected chi connectivity index (χ3v) is 4.16. The highest BCUT2D eigenvalue weighted by Crippen LogP contribution is 2.22. The van der Waals surface area contributed by atoms with Crippen molar-refractivity contribution < 1.29 is 19.1 Å². The number of hydrogen-bond acceptors (Lipinski definition) is 5. The third-order valence-electron chi connectivity index (χ3n) is 4.16. The Balaban J connectivity index is 1.88. The molecule has 0 saturated carbocycles. The van der Waals surface area contributed by atoms with E-state index < -0.39 is 18.1 Å². The van der Waals surface area contributed by atoms with Crippen LogP contribution in [0.2, 0.25) is 0 Å². The lowest BCUT2D eigenvalue weighted by Crippen LogP contribution is -2.48. The first-order valence-electron chi connectivity index (χ1n) is 8.80. The lowest BCUT2D eigenvalue weighted by Gasteiger charge is -2.19. The van der Waals surface area contributed by atoms with Crippen LogP contribution in [0.4, 0.5) is 10.5 Å². The number of carbonyl (C=O) groups is 3. The Hall–Kier alpha value is -3.10. The number of nitrogens with one attached hydrogen (secondary N) is 3. The highest BCUT2D eigenvalue weighted by molar-refractivity contribution is 6.02. The molecule has 1 saturated heterocycles. The van der Waals surface area contributed by atoms with Gasteiger partial charge in [0.1, 0.15) is 11.9 Å². The summed E-state index contributed by atoms with van der Waals surface area (Å²) in [5, 5.41) is 12.7. The quantitative estimate of drug-likeness (QED) is 0.316. The maximum atomic E-state index is 12.6. The molecule has 0 bridgehead atoms. The summed E-state index contributed by atoms with van der Waals surface area (Å²) in [7, 11) is 0. The fourth-order valence-corrected chi connectivity index (χ4v) is 2.84. The van der Waals surface area contributed by atoms with Crippen molar-refractivity contribution in [2.75, 3.05) is 18.1 Å². The summed E-state index contributed by atoms with van der Waals surface area (Å²) in [5.41, 5.74) is 6.69. The first kappa shape index (κ1) is 20.2. The highest BCUT2D eigenvalue weighted by Gasteiger charge is 2.33. The number of benzene rings is 1. The molecular weight excluding hydrogens is 350 g/mol. The number of ether oxygens (including phenoxy) is 1. The van der Waals surface area contributed by atoms with Crippen LogP contribution in [-0.2, 0) is 14.3 Å². The minimum Gasteiger partial charge on any atom is -0.466 e. The summed E-state index contributed by atoms with van der Waals surface area (Å²) in [6, 6.07) is 5.25. The Morgan fingerprint density at radius 3 is 2.63 bits per heavy atom. The molecule has 146 valence electrons. The molecule has 9 heteroatoms. The van der Waals surface area contributed by atoms with Crippen LogP contribution >= 0.6 is 0 Å². The van der Waals surface area contributed by atoms with Gasteiger partial charge in [0.15, 0.2) is 0 Å². The molecule has 27 heavy (non-hydrogen) atoms. The Labute approximate surface area is 157 Å². The van der Waals surface area contributed by atoms with E-state index in [1.165, 1.54) is 0 Å². The first-order chi connectivity index (χ1) is 12.8. The molecular formula is C18H25N5O4. The van der Waals surface area contributed by atoms with Crippen LogP contribution in [-0.4, -0.2) is 49.0 Å². The smallest absolute Gasteiger partial charge is 0.315 e. The fraction of sp³-hybridized carbons (Fsp3) is 0.444. The Morgan fingerprint density at radius 1 is 1.37 bits per heavy atom. The number of esters is 1. The second-order valence-electron chi connectivity index (χ2n) is 6.32. The van der Waals surface area contributed by atoms with E-state index in [1.54, 1.807) is 43.0 Å². The minimum atomic E-state index is -0.632. The van der Waals surface area contributed by atoms with Gasteiger partial charge in [0.05, 0.1) is 13.0 Å². The molecule has 1 heterocycles. The number of nitrogens with two attached hydrogens (primary N) is 1. The summed E-state index contributed by atoms with van der Waals surface area (Å²) >= 11 is 0. The summed E-state index contributed by atoms with van der Waals surface area (Å²) in [6.45, 7) is 4.17. The van der Waals surface area contributed by atoms with Gasteiger partial charge in [0.25, 0.3) is 0 Å². The van der Waals surface area contributed by atoms with Crippen molar-refractivity contribution in [2.24, 2.45) is 5.73 Å². The predicted octanol–water partition coefficient (Wildman–Crippen LogP) is 0.717. The van der Waals surface area contributed by atoms with Crippen molar-refractivity contribution in [1.29, 1.82) is 5.41 Å². The van der Waals surface area contributed by atoms with Crippen LogP contribution in [0.15, 0.2) is 24.3 Å². The topological polar surface area (TPSA) is 138 Å². The molecule has 0 aromatic heterocycles. The molecule has 5 N–H and O–H groups in total. The van der Waals surface area contributed by atoms with Gasteiger partial charge in [-0.3, -0.25) is 15.0 Å². The van der Waals surface area contributed by atoms with Crippen molar-refractivity contribution in [3.63, 3.8) is 0 Å². The van der Waals surface area contributed by atoms with Gasteiger partial charge in [-0.1, -0.05) is 0 Å². The normalized spacial score (nSPS) is 17.3. The molecule has 1 aromatic rings. The average molecular weight is 375 g/mol. The van der Waals surface area contributed by atoms with E-state index in [4.69, 9.17) is 15.9 Å². The molecule has 1 fully saturated rings. The molecule has 1 aliphatic heterocycles. The largest absolute Gasteiger partial charge is 0.466 e. The minimum absolute atomic E-state index is 0.0394. The number of amidine groups is 1. The van der Waals surface area contributed by atoms with Crippen LogP contribution in [0, 0.1) is 5.41 Å². The SMILES string of the molecule is CCOC(=O)CC(C)NC(=O)N[C@@H]1CCN(c2ccc(C(=N)N)cc2)C1=O. The molecule has 1 aliphatic rings. The lowest BCUT2D eigenvalue weighted by atomic mass is 10.2. The number of carbonyl (C=O) groups excluding carboxylic acids is 3. The summed E-state index contributed by atoms with van der Waals surface area (Å²) in [4.78, 5) is 37.6. The standard InChI is InChI=1S/C18H25N5O4/c1-3-27-15(24)10-11(2)21-18(26)22-14-8-9-23(17(14)25)13-6-4-12(5-7-13)16(19)20/h4-7,11,14H,3,8-10H2,1-2H3,(H3,19,20)(H2,21,22,26)/t11?,14-/m1/s1. The number of nitrogens with zero attached hydrogens (tertiary/aromatic N) is 1. The zero-order valence-electron chi connectivity index (χ0n) is 15.5. The van der Waals surface area contributed by atoms with Crippen LogP contribution in [0.1, 0.15) is 32.3 Å². The van der Waals surface area contributed by atoms with Gasteiger partial charge < -0.3 is 26.0 Å². The van der Waals surface area contributed by atoms with Gasteiger partial charge in [-0.15, -0.1) is 0 Å². The van der Waals surface area contributed by atoms with Gasteiger partial charge in [-0.25, -0.2) is 4.79 Å². The van der Waals surface area contributed by atoms with E-state index in [2.05, 4.69) is 10.6 Å². The molecule has 0 spiro atoms. The molecule has 0 aliphatic carbocycles. The zero-order chi connectivity index (χ0) is 20.0. The van der Waals surface area contributed by atoms with Gasteiger partial charge in [0, 0.05) is 23.8 Å². The first-order valence-corrected chi connectivity index (χ1v) is 8.80. The van der Waals surface area contributed by atoms with E-state index in [9.17, 15) is 14.4 Å².